The Bertz CT molecular complexity index is 620. The van der Waals surface area contributed by atoms with E-state index in [2.05, 4.69) is 25.2 Å². The Kier molecular flexibility index (Phi) is 4.37. The summed E-state index contributed by atoms with van der Waals surface area (Å²) in [5.41, 5.74) is 6.86. The lowest BCUT2D eigenvalue weighted by atomic mass is 9.86. The normalized spacial score (nSPS) is 15.8. The molecule has 0 spiro atoms. The number of halogens is 1. The van der Waals surface area contributed by atoms with Gasteiger partial charge in [-0.25, -0.2) is 0 Å². The Morgan fingerprint density at radius 1 is 1.20 bits per heavy atom. The quantitative estimate of drug-likeness (QED) is 0.870. The summed E-state index contributed by atoms with van der Waals surface area (Å²) in [6.07, 6.45) is 5.65. The molecule has 3 rings (SSSR count). The van der Waals surface area contributed by atoms with Crippen molar-refractivity contribution in [2.75, 3.05) is 13.1 Å². The van der Waals surface area contributed by atoms with Crippen LogP contribution in [0.5, 0.6) is 0 Å². The minimum absolute atomic E-state index is 0. The van der Waals surface area contributed by atoms with Crippen molar-refractivity contribution in [1.82, 2.24) is 5.32 Å². The van der Waals surface area contributed by atoms with Crippen LogP contribution in [0.3, 0.4) is 0 Å². The van der Waals surface area contributed by atoms with E-state index in [4.69, 9.17) is 4.42 Å². The molecule has 1 fully saturated rings. The molecule has 0 aromatic heterocycles. The monoisotopic (exact) mass is 290 g/mol. The molecule has 2 heterocycles. The van der Waals surface area contributed by atoms with E-state index >= 15 is 0 Å². The Hall–Kier alpha value is -1.50. The van der Waals surface area contributed by atoms with Crippen LogP contribution in [0, 0.1) is 25.2 Å². The summed E-state index contributed by atoms with van der Waals surface area (Å²) in [6, 6.07) is 2.28. The molecule has 0 unspecified atom stereocenters. The van der Waals surface area contributed by atoms with Crippen molar-refractivity contribution in [3.8, 4) is 17.2 Å². The highest BCUT2D eigenvalue weighted by atomic mass is 35.5. The van der Waals surface area contributed by atoms with Crippen LogP contribution in [-0.4, -0.2) is 13.1 Å². The number of piperidine rings is 1. The minimum atomic E-state index is 0. The van der Waals surface area contributed by atoms with Gasteiger partial charge in [0.15, 0.2) is 0 Å². The van der Waals surface area contributed by atoms with Gasteiger partial charge in [0.2, 0.25) is 0 Å². The third-order valence-corrected chi connectivity index (χ3v) is 4.42. The minimum Gasteiger partial charge on any atom is -0.471 e. The molecule has 2 aliphatic heterocycles. The Balaban J connectivity index is 0.00000147. The summed E-state index contributed by atoms with van der Waals surface area (Å²) in [5.74, 6) is 0.562. The fraction of sp³-hybridized carbons (Fsp3) is 0.438. The summed E-state index contributed by atoms with van der Waals surface area (Å²) < 4.78 is 5.31. The van der Waals surface area contributed by atoms with E-state index in [1.54, 1.807) is 12.5 Å². The Morgan fingerprint density at radius 2 is 1.90 bits per heavy atom. The third kappa shape index (κ3) is 2.19. The second kappa shape index (κ2) is 5.87. The van der Waals surface area contributed by atoms with Gasteiger partial charge in [0.25, 0.3) is 0 Å². The molecule has 0 aromatic rings. The van der Waals surface area contributed by atoms with Crippen LogP contribution in [0.25, 0.3) is 11.1 Å². The number of fused-ring (bicyclic) bond motifs is 1. The molecule has 3 aliphatic rings. The maximum atomic E-state index is 9.34. The molecule has 106 valence electrons. The number of rotatable bonds is 1. The van der Waals surface area contributed by atoms with E-state index in [0.29, 0.717) is 11.5 Å². The first kappa shape index (κ1) is 14.9. The van der Waals surface area contributed by atoms with Crippen LogP contribution < -0.4 is 5.32 Å². The largest absolute Gasteiger partial charge is 0.471 e. The van der Waals surface area contributed by atoms with Crippen molar-refractivity contribution in [3.05, 3.63) is 34.8 Å². The lowest BCUT2D eigenvalue weighted by Crippen LogP contribution is -2.27. The third-order valence-electron chi connectivity index (χ3n) is 4.42. The molecule has 0 amide bonds. The molecular weight excluding hydrogens is 272 g/mol. The molecule has 4 heteroatoms. The van der Waals surface area contributed by atoms with Gasteiger partial charge in [0, 0.05) is 11.1 Å². The molecular formula is C16H19ClN2O. The van der Waals surface area contributed by atoms with E-state index < -0.39 is 0 Å². The predicted molar refractivity (Wildman–Crippen MR) is 81.6 cm³/mol. The summed E-state index contributed by atoms with van der Waals surface area (Å²) >= 11 is 0. The van der Waals surface area contributed by atoms with Gasteiger partial charge in [-0.15, -0.1) is 12.4 Å². The number of hydrogen-bond acceptors (Lipinski definition) is 3. The zero-order valence-corrected chi connectivity index (χ0v) is 12.6. The molecule has 0 atom stereocenters. The number of nitrogens with one attached hydrogen (secondary N) is 1. The number of nitriles is 1. The van der Waals surface area contributed by atoms with Gasteiger partial charge in [0.1, 0.15) is 12.3 Å². The Morgan fingerprint density at radius 3 is 2.55 bits per heavy atom. The van der Waals surface area contributed by atoms with Crippen LogP contribution in [0.1, 0.15) is 41.0 Å². The lowest BCUT2D eigenvalue weighted by Gasteiger charge is -2.24. The smallest absolute Gasteiger partial charge is 0.109 e. The van der Waals surface area contributed by atoms with Crippen molar-refractivity contribution >= 4 is 12.4 Å². The van der Waals surface area contributed by atoms with Crippen molar-refractivity contribution in [2.24, 2.45) is 0 Å². The average Bonchev–Trinajstić information content (AvgIpc) is 2.72. The van der Waals surface area contributed by atoms with Crippen LogP contribution in [-0.2, 0) is 0 Å². The molecule has 3 nitrogen and oxygen atoms in total. The molecule has 0 saturated carbocycles. The zero-order valence-electron chi connectivity index (χ0n) is 11.8. The maximum Gasteiger partial charge on any atom is 0.109 e. The van der Waals surface area contributed by atoms with E-state index in [1.807, 2.05) is 0 Å². The molecule has 0 aromatic carbocycles. The topological polar surface area (TPSA) is 49.0 Å². The van der Waals surface area contributed by atoms with Gasteiger partial charge in [0.05, 0.1) is 11.8 Å². The van der Waals surface area contributed by atoms with Crippen molar-refractivity contribution in [2.45, 2.75) is 32.6 Å². The first-order valence-electron chi connectivity index (χ1n) is 6.83. The molecule has 0 bridgehead atoms. The van der Waals surface area contributed by atoms with Crippen LogP contribution in [0.4, 0.5) is 0 Å². The van der Waals surface area contributed by atoms with Crippen LogP contribution in [0.2, 0.25) is 0 Å². The standard InChI is InChI=1S/C16H18N2O.ClH/c1-10-11(2)15(12-3-5-18-6-4-12)16-13(7-17)8-19-9-14(10)16;/h8-9,12,18H,3-6H2,1-2H3;1H. The first-order chi connectivity index (χ1) is 9.24. The Labute approximate surface area is 125 Å². The van der Waals surface area contributed by atoms with Gasteiger partial charge in [-0.2, -0.15) is 5.26 Å². The summed E-state index contributed by atoms with van der Waals surface area (Å²) in [6.45, 7) is 6.43. The summed E-state index contributed by atoms with van der Waals surface area (Å²) in [5, 5.41) is 12.7. The lowest BCUT2D eigenvalue weighted by molar-refractivity contribution is 0.460. The SMILES string of the molecule is Cc1c2cocc(C#N)c-2c(C2CCNCC2)c1C.Cl. The highest BCUT2D eigenvalue weighted by Gasteiger charge is 2.28. The van der Waals surface area contributed by atoms with E-state index in [0.717, 1.165) is 37.1 Å². The first-order valence-corrected chi connectivity index (χ1v) is 6.83. The highest BCUT2D eigenvalue weighted by molar-refractivity contribution is 5.85. The fourth-order valence-corrected chi connectivity index (χ4v) is 3.29. The van der Waals surface area contributed by atoms with Gasteiger partial charge in [-0.05, 0) is 62.4 Å². The maximum absolute atomic E-state index is 9.34. The second-order valence-corrected chi connectivity index (χ2v) is 5.37. The molecule has 1 aliphatic carbocycles. The van der Waals surface area contributed by atoms with Crippen molar-refractivity contribution in [3.63, 3.8) is 0 Å². The van der Waals surface area contributed by atoms with Gasteiger partial charge >= 0.3 is 0 Å². The second-order valence-electron chi connectivity index (χ2n) is 5.37. The zero-order chi connectivity index (χ0) is 13.4. The van der Waals surface area contributed by atoms with E-state index in [9.17, 15) is 5.26 Å². The van der Waals surface area contributed by atoms with Crippen molar-refractivity contribution in [1.29, 1.82) is 5.26 Å². The van der Waals surface area contributed by atoms with Gasteiger partial charge < -0.3 is 9.73 Å². The molecule has 1 N–H and O–H groups in total. The van der Waals surface area contributed by atoms with Crippen LogP contribution >= 0.6 is 12.4 Å². The molecule has 20 heavy (non-hydrogen) atoms. The fourth-order valence-electron chi connectivity index (χ4n) is 3.29. The summed E-state index contributed by atoms with van der Waals surface area (Å²) in [7, 11) is 0. The summed E-state index contributed by atoms with van der Waals surface area (Å²) in [4.78, 5) is 0. The van der Waals surface area contributed by atoms with Gasteiger partial charge in [-0.3, -0.25) is 0 Å². The van der Waals surface area contributed by atoms with Gasteiger partial charge in [-0.1, -0.05) is 0 Å². The highest BCUT2D eigenvalue weighted by Crippen LogP contribution is 2.44. The average molecular weight is 291 g/mol. The number of nitrogens with zero attached hydrogens (tertiary/aromatic N) is 1. The molecule has 1 saturated heterocycles. The van der Waals surface area contributed by atoms with Crippen molar-refractivity contribution < 1.29 is 4.42 Å². The van der Waals surface area contributed by atoms with E-state index in [-0.39, 0.29) is 12.4 Å². The van der Waals surface area contributed by atoms with E-state index in [1.165, 1.54) is 16.7 Å². The molecule has 0 radical (unpaired) electrons. The number of hydrogen-bond donors (Lipinski definition) is 1. The van der Waals surface area contributed by atoms with Crippen LogP contribution in [0.15, 0.2) is 16.9 Å². The predicted octanol–water partition coefficient (Wildman–Crippen LogP) is 3.76.